The molecule has 34 heavy (non-hydrogen) atoms. The molecule has 0 saturated carbocycles. The summed E-state index contributed by atoms with van der Waals surface area (Å²) in [7, 11) is 0. The molecule has 0 aliphatic carbocycles. The van der Waals surface area contributed by atoms with Crippen LogP contribution in [0.3, 0.4) is 0 Å². The lowest BCUT2D eigenvalue weighted by Gasteiger charge is -2.34. The molecule has 5 rings (SSSR count). The average molecular weight is 455 g/mol. The normalized spacial score (nSPS) is 15.0. The lowest BCUT2D eigenvalue weighted by molar-refractivity contribution is 0.125. The molecular formula is C29H31FN4. The van der Waals surface area contributed by atoms with E-state index in [4.69, 9.17) is 0 Å². The molecule has 4 nitrogen and oxygen atoms in total. The van der Waals surface area contributed by atoms with E-state index in [2.05, 4.69) is 61.9 Å². The second-order valence-electron chi connectivity index (χ2n) is 8.97. The highest BCUT2D eigenvalue weighted by Crippen LogP contribution is 2.33. The molecule has 2 aromatic carbocycles. The van der Waals surface area contributed by atoms with Crippen molar-refractivity contribution < 1.29 is 4.39 Å². The van der Waals surface area contributed by atoms with Gasteiger partial charge >= 0.3 is 0 Å². The third kappa shape index (κ3) is 5.44. The van der Waals surface area contributed by atoms with Gasteiger partial charge in [-0.2, -0.15) is 0 Å². The summed E-state index contributed by atoms with van der Waals surface area (Å²) in [6.07, 6.45) is 6.91. The van der Waals surface area contributed by atoms with E-state index in [1.165, 1.54) is 23.4 Å². The van der Waals surface area contributed by atoms with Crippen molar-refractivity contribution in [2.75, 3.05) is 32.7 Å². The van der Waals surface area contributed by atoms with Crippen molar-refractivity contribution in [2.24, 2.45) is 0 Å². The zero-order valence-electron chi connectivity index (χ0n) is 19.5. The first-order chi connectivity index (χ1) is 16.8. The SMILES string of the molecule is Fc1ccc(-c2ccn(CCCN3CCN(Cc4ccccc4)CC3)c2-c2ccncc2)cc1. The Morgan fingerprint density at radius 3 is 2.15 bits per heavy atom. The Balaban J connectivity index is 1.21. The fraction of sp³-hybridized carbons (Fsp3) is 0.276. The number of piperazine rings is 1. The van der Waals surface area contributed by atoms with Gasteiger partial charge in [-0.15, -0.1) is 0 Å². The summed E-state index contributed by atoms with van der Waals surface area (Å²) < 4.78 is 15.8. The van der Waals surface area contributed by atoms with Gasteiger partial charge < -0.3 is 9.47 Å². The number of rotatable bonds is 8. The Hall–Kier alpha value is -3.28. The number of hydrogen-bond donors (Lipinski definition) is 0. The minimum Gasteiger partial charge on any atom is -0.347 e. The molecule has 0 radical (unpaired) electrons. The molecule has 1 aliphatic rings. The van der Waals surface area contributed by atoms with Gasteiger partial charge in [0.05, 0.1) is 5.69 Å². The highest BCUT2D eigenvalue weighted by molar-refractivity contribution is 5.81. The second kappa shape index (κ2) is 10.8. The van der Waals surface area contributed by atoms with Crippen LogP contribution < -0.4 is 0 Å². The number of aromatic nitrogens is 2. The standard InChI is InChI=1S/C29H31FN4/c30-27-9-7-25(8-10-27)28-13-18-34(29(28)26-11-14-31-15-12-26)17-4-16-32-19-21-33(22-20-32)23-24-5-2-1-3-6-24/h1-3,5-15,18H,4,16-17,19-23H2. The maximum absolute atomic E-state index is 13.5. The van der Waals surface area contributed by atoms with Gasteiger partial charge in [0.15, 0.2) is 0 Å². The van der Waals surface area contributed by atoms with Gasteiger partial charge in [0, 0.05) is 69.0 Å². The summed E-state index contributed by atoms with van der Waals surface area (Å²) in [6, 6.07) is 23.7. The average Bonchev–Trinajstić information content (AvgIpc) is 3.30. The topological polar surface area (TPSA) is 24.3 Å². The second-order valence-corrected chi connectivity index (χ2v) is 8.97. The molecule has 1 fully saturated rings. The minimum absolute atomic E-state index is 0.211. The fourth-order valence-electron chi connectivity index (χ4n) is 4.83. The molecule has 0 spiro atoms. The minimum atomic E-state index is -0.211. The maximum Gasteiger partial charge on any atom is 0.123 e. The van der Waals surface area contributed by atoms with Crippen LogP contribution >= 0.6 is 0 Å². The lowest BCUT2D eigenvalue weighted by Crippen LogP contribution is -2.46. The Labute approximate surface area is 201 Å². The number of hydrogen-bond acceptors (Lipinski definition) is 3. The summed E-state index contributed by atoms with van der Waals surface area (Å²) >= 11 is 0. The molecule has 0 N–H and O–H groups in total. The monoisotopic (exact) mass is 454 g/mol. The van der Waals surface area contributed by atoms with Crippen LogP contribution in [0, 0.1) is 5.82 Å². The van der Waals surface area contributed by atoms with Crippen LogP contribution in [0.25, 0.3) is 22.4 Å². The Bertz CT molecular complexity index is 1160. The van der Waals surface area contributed by atoms with E-state index in [1.807, 2.05) is 36.7 Å². The first kappa shape index (κ1) is 22.5. The van der Waals surface area contributed by atoms with Crippen LogP contribution in [0.5, 0.6) is 0 Å². The lowest BCUT2D eigenvalue weighted by atomic mass is 10.0. The molecule has 2 aromatic heterocycles. The molecular weight excluding hydrogens is 423 g/mol. The predicted molar refractivity (Wildman–Crippen MR) is 136 cm³/mol. The van der Waals surface area contributed by atoms with E-state index in [-0.39, 0.29) is 5.82 Å². The molecule has 1 aliphatic heterocycles. The zero-order valence-corrected chi connectivity index (χ0v) is 19.5. The van der Waals surface area contributed by atoms with E-state index in [0.29, 0.717) is 0 Å². The Morgan fingerprint density at radius 2 is 1.41 bits per heavy atom. The van der Waals surface area contributed by atoms with Gasteiger partial charge in [-0.25, -0.2) is 4.39 Å². The van der Waals surface area contributed by atoms with Gasteiger partial charge in [-0.05, 0) is 54.4 Å². The van der Waals surface area contributed by atoms with E-state index in [0.717, 1.165) is 68.9 Å². The molecule has 0 unspecified atom stereocenters. The molecule has 5 heteroatoms. The van der Waals surface area contributed by atoms with Gasteiger partial charge in [0.2, 0.25) is 0 Å². The number of aryl methyl sites for hydroxylation is 1. The van der Waals surface area contributed by atoms with Crippen molar-refractivity contribution in [2.45, 2.75) is 19.5 Å². The molecule has 0 amide bonds. The van der Waals surface area contributed by atoms with Gasteiger partial charge in [0.25, 0.3) is 0 Å². The van der Waals surface area contributed by atoms with Crippen molar-refractivity contribution in [1.82, 2.24) is 19.4 Å². The predicted octanol–water partition coefficient (Wildman–Crippen LogP) is 5.56. The first-order valence-corrected chi connectivity index (χ1v) is 12.1. The van der Waals surface area contributed by atoms with Crippen molar-refractivity contribution in [3.8, 4) is 22.4 Å². The van der Waals surface area contributed by atoms with Crippen LogP contribution in [0.4, 0.5) is 4.39 Å². The van der Waals surface area contributed by atoms with Gasteiger partial charge in [-0.1, -0.05) is 42.5 Å². The number of pyridine rings is 1. The zero-order chi connectivity index (χ0) is 23.2. The van der Waals surface area contributed by atoms with Crippen LogP contribution in [0.15, 0.2) is 91.4 Å². The largest absolute Gasteiger partial charge is 0.347 e. The molecule has 1 saturated heterocycles. The van der Waals surface area contributed by atoms with E-state index in [1.54, 1.807) is 0 Å². The molecule has 0 bridgehead atoms. The quantitative estimate of drug-likeness (QED) is 0.348. The number of nitrogens with zero attached hydrogens (tertiary/aromatic N) is 4. The third-order valence-electron chi connectivity index (χ3n) is 6.66. The van der Waals surface area contributed by atoms with Crippen LogP contribution in [0.1, 0.15) is 12.0 Å². The third-order valence-corrected chi connectivity index (χ3v) is 6.66. The van der Waals surface area contributed by atoms with Crippen molar-refractivity contribution in [1.29, 1.82) is 0 Å². The fourth-order valence-corrected chi connectivity index (χ4v) is 4.83. The Kier molecular flexibility index (Phi) is 7.13. The molecule has 3 heterocycles. The summed E-state index contributed by atoms with van der Waals surface area (Å²) in [5.74, 6) is -0.211. The molecule has 4 aromatic rings. The molecule has 0 atom stereocenters. The maximum atomic E-state index is 13.5. The van der Waals surface area contributed by atoms with E-state index in [9.17, 15) is 4.39 Å². The van der Waals surface area contributed by atoms with Crippen molar-refractivity contribution >= 4 is 0 Å². The van der Waals surface area contributed by atoms with Crippen LogP contribution in [0.2, 0.25) is 0 Å². The Morgan fingerprint density at radius 1 is 0.706 bits per heavy atom. The smallest absolute Gasteiger partial charge is 0.123 e. The highest BCUT2D eigenvalue weighted by atomic mass is 19.1. The highest BCUT2D eigenvalue weighted by Gasteiger charge is 2.17. The number of benzene rings is 2. The number of halogens is 1. The van der Waals surface area contributed by atoms with Crippen LogP contribution in [-0.4, -0.2) is 52.1 Å². The van der Waals surface area contributed by atoms with Crippen molar-refractivity contribution in [3.63, 3.8) is 0 Å². The summed E-state index contributed by atoms with van der Waals surface area (Å²) in [5, 5.41) is 0. The van der Waals surface area contributed by atoms with Crippen molar-refractivity contribution in [3.05, 3.63) is 103 Å². The summed E-state index contributed by atoms with van der Waals surface area (Å²) in [5.41, 5.74) is 5.85. The first-order valence-electron chi connectivity index (χ1n) is 12.1. The summed E-state index contributed by atoms with van der Waals surface area (Å²) in [4.78, 5) is 9.32. The summed E-state index contributed by atoms with van der Waals surface area (Å²) in [6.45, 7) is 7.57. The molecule has 174 valence electrons. The van der Waals surface area contributed by atoms with Gasteiger partial charge in [-0.3, -0.25) is 9.88 Å². The van der Waals surface area contributed by atoms with Crippen LogP contribution in [-0.2, 0) is 13.1 Å². The van der Waals surface area contributed by atoms with E-state index < -0.39 is 0 Å². The van der Waals surface area contributed by atoms with E-state index >= 15 is 0 Å². The van der Waals surface area contributed by atoms with Gasteiger partial charge in [0.1, 0.15) is 5.82 Å².